The minimum Gasteiger partial charge on any atom is -0.394 e. The van der Waals surface area contributed by atoms with Crippen LogP contribution < -0.4 is 5.56 Å². The zero-order valence-corrected chi connectivity index (χ0v) is 20.1. The van der Waals surface area contributed by atoms with E-state index < -0.39 is 6.04 Å². The van der Waals surface area contributed by atoms with Crippen LogP contribution in [0.5, 0.6) is 0 Å². The average molecular weight is 481 g/mol. The molecule has 6 nitrogen and oxygen atoms in total. The van der Waals surface area contributed by atoms with Crippen LogP contribution in [0.2, 0.25) is 4.34 Å². The van der Waals surface area contributed by atoms with Gasteiger partial charge in [0.2, 0.25) is 0 Å². The summed E-state index contributed by atoms with van der Waals surface area (Å²) >= 11 is 7.48. The van der Waals surface area contributed by atoms with E-state index in [2.05, 4.69) is 35.2 Å². The summed E-state index contributed by atoms with van der Waals surface area (Å²) in [5.41, 5.74) is 5.66. The molecule has 0 unspecified atom stereocenters. The van der Waals surface area contributed by atoms with Crippen molar-refractivity contribution in [2.75, 3.05) is 6.61 Å². The number of thiophene rings is 1. The highest BCUT2D eigenvalue weighted by atomic mass is 35.5. The second kappa shape index (κ2) is 8.89. The molecular formula is C25H25ClN4O2S. The van der Waals surface area contributed by atoms with Crippen LogP contribution in [0.3, 0.4) is 0 Å². The molecule has 0 aliphatic heterocycles. The van der Waals surface area contributed by atoms with Gasteiger partial charge in [-0.25, -0.2) is 9.67 Å². The van der Waals surface area contributed by atoms with Gasteiger partial charge < -0.3 is 9.67 Å². The fraction of sp³-hybridized carbons (Fsp3) is 0.320. The normalized spacial score (nSPS) is 14.5. The number of imidazole rings is 1. The number of halogens is 1. The zero-order valence-electron chi connectivity index (χ0n) is 18.5. The van der Waals surface area contributed by atoms with Gasteiger partial charge in [-0.2, -0.15) is 5.10 Å². The predicted octanol–water partition coefficient (Wildman–Crippen LogP) is 4.81. The smallest absolute Gasteiger partial charge is 0.270 e. The van der Waals surface area contributed by atoms with Crippen molar-refractivity contribution >= 4 is 22.9 Å². The SMILES string of the molecule is Cc1cn(-c2ccc(Cc3cc(C4CC4)nn([C@@H](CO)c4ccc(Cl)s4)c3=O)cc2C)cn1. The van der Waals surface area contributed by atoms with E-state index >= 15 is 0 Å². The molecule has 3 heterocycles. The zero-order chi connectivity index (χ0) is 23.1. The largest absolute Gasteiger partial charge is 0.394 e. The lowest BCUT2D eigenvalue weighted by Gasteiger charge is -2.18. The molecule has 1 aliphatic carbocycles. The lowest BCUT2D eigenvalue weighted by molar-refractivity contribution is 0.238. The molecule has 1 fully saturated rings. The molecule has 5 rings (SSSR count). The molecule has 4 aromatic rings. The van der Waals surface area contributed by atoms with Crippen LogP contribution in [-0.4, -0.2) is 31.0 Å². The summed E-state index contributed by atoms with van der Waals surface area (Å²) in [5.74, 6) is 0.385. The standard InChI is InChI=1S/C25H25ClN4O2S/c1-15-9-17(3-6-21(15)29-12-16(2)27-14-29)10-19-11-20(18-4-5-18)28-30(25(19)32)22(13-31)23-7-8-24(26)33-23/h3,6-9,11-12,14,18,22,31H,4-5,10,13H2,1-2H3/t22-/m0/s1. The minimum atomic E-state index is -0.541. The molecule has 0 radical (unpaired) electrons. The fourth-order valence-electron chi connectivity index (χ4n) is 4.19. The number of nitrogens with zero attached hydrogens (tertiary/aromatic N) is 4. The molecule has 8 heteroatoms. The van der Waals surface area contributed by atoms with E-state index in [1.54, 1.807) is 6.07 Å². The maximum Gasteiger partial charge on any atom is 0.270 e. The number of benzene rings is 1. The van der Waals surface area contributed by atoms with Crippen molar-refractivity contribution < 1.29 is 5.11 Å². The second-order valence-corrected chi connectivity index (χ2v) is 10.4. The van der Waals surface area contributed by atoms with Crippen LogP contribution in [0.1, 0.15) is 57.8 Å². The maximum atomic E-state index is 13.5. The summed E-state index contributed by atoms with van der Waals surface area (Å²) in [6.07, 6.45) is 6.48. The summed E-state index contributed by atoms with van der Waals surface area (Å²) in [7, 11) is 0. The van der Waals surface area contributed by atoms with Crippen molar-refractivity contribution in [3.05, 3.63) is 96.6 Å². The van der Waals surface area contributed by atoms with Crippen LogP contribution >= 0.6 is 22.9 Å². The first-order chi connectivity index (χ1) is 15.9. The molecule has 1 aliphatic rings. The number of aliphatic hydroxyl groups is 1. The monoisotopic (exact) mass is 480 g/mol. The van der Waals surface area contributed by atoms with Gasteiger partial charge in [0.15, 0.2) is 0 Å². The first-order valence-corrected chi connectivity index (χ1v) is 12.2. The van der Waals surface area contributed by atoms with Crippen molar-refractivity contribution in [3.63, 3.8) is 0 Å². The van der Waals surface area contributed by atoms with Crippen molar-refractivity contribution in [2.24, 2.45) is 0 Å². The Kier molecular flexibility index (Phi) is 5.95. The van der Waals surface area contributed by atoms with Crippen molar-refractivity contribution in [2.45, 2.75) is 45.1 Å². The lowest BCUT2D eigenvalue weighted by Crippen LogP contribution is -2.33. The Labute approximate surface area is 201 Å². The van der Waals surface area contributed by atoms with Crippen molar-refractivity contribution in [3.8, 4) is 5.69 Å². The molecule has 1 aromatic carbocycles. The van der Waals surface area contributed by atoms with E-state index in [1.165, 1.54) is 16.0 Å². The molecule has 0 saturated heterocycles. The molecule has 0 spiro atoms. The van der Waals surface area contributed by atoms with E-state index in [0.717, 1.165) is 45.9 Å². The predicted molar refractivity (Wildman–Crippen MR) is 131 cm³/mol. The molecule has 1 N–H and O–H groups in total. The second-order valence-electron chi connectivity index (χ2n) is 8.68. The summed E-state index contributed by atoms with van der Waals surface area (Å²) in [6, 6.07) is 11.3. The first-order valence-electron chi connectivity index (χ1n) is 11.0. The highest BCUT2D eigenvalue weighted by Gasteiger charge is 2.28. The van der Waals surface area contributed by atoms with Gasteiger partial charge in [0.25, 0.3) is 5.56 Å². The molecule has 33 heavy (non-hydrogen) atoms. The Balaban J connectivity index is 1.52. The van der Waals surface area contributed by atoms with Gasteiger partial charge in [-0.15, -0.1) is 11.3 Å². The maximum absolute atomic E-state index is 13.5. The summed E-state index contributed by atoms with van der Waals surface area (Å²) in [4.78, 5) is 18.6. The van der Waals surface area contributed by atoms with Crippen LogP contribution in [-0.2, 0) is 6.42 Å². The van der Waals surface area contributed by atoms with E-state index in [4.69, 9.17) is 11.6 Å². The van der Waals surface area contributed by atoms with Crippen LogP contribution in [0.25, 0.3) is 5.69 Å². The van der Waals surface area contributed by atoms with Gasteiger partial charge >= 0.3 is 0 Å². The summed E-state index contributed by atoms with van der Waals surface area (Å²) in [6.45, 7) is 3.82. The number of aliphatic hydroxyl groups excluding tert-OH is 1. The Morgan fingerprint density at radius 2 is 2.03 bits per heavy atom. The molecule has 1 atom stereocenters. The minimum absolute atomic E-state index is 0.171. The highest BCUT2D eigenvalue weighted by Crippen LogP contribution is 2.39. The van der Waals surface area contributed by atoms with Crippen molar-refractivity contribution in [1.29, 1.82) is 0 Å². The van der Waals surface area contributed by atoms with Crippen molar-refractivity contribution in [1.82, 2.24) is 19.3 Å². The van der Waals surface area contributed by atoms with Crippen LogP contribution in [0.4, 0.5) is 0 Å². The van der Waals surface area contributed by atoms with E-state index in [0.29, 0.717) is 22.2 Å². The molecule has 0 amide bonds. The summed E-state index contributed by atoms with van der Waals surface area (Å²) < 4.78 is 4.09. The van der Waals surface area contributed by atoms with Gasteiger partial charge in [-0.05, 0) is 62.1 Å². The average Bonchev–Trinajstić information content (AvgIpc) is 3.42. The Morgan fingerprint density at radius 3 is 2.64 bits per heavy atom. The van der Waals surface area contributed by atoms with Gasteiger partial charge in [-0.1, -0.05) is 23.7 Å². The molecule has 0 bridgehead atoms. The topological polar surface area (TPSA) is 72.9 Å². The molecule has 3 aromatic heterocycles. The van der Waals surface area contributed by atoms with E-state index in [-0.39, 0.29) is 12.2 Å². The third-order valence-corrected chi connectivity index (χ3v) is 7.39. The van der Waals surface area contributed by atoms with E-state index in [1.807, 2.05) is 36.1 Å². The van der Waals surface area contributed by atoms with Gasteiger partial charge in [0.1, 0.15) is 6.04 Å². The number of hydrogen-bond acceptors (Lipinski definition) is 5. The Bertz CT molecular complexity index is 1370. The molecule has 170 valence electrons. The molecular weight excluding hydrogens is 456 g/mol. The highest BCUT2D eigenvalue weighted by molar-refractivity contribution is 7.16. The fourth-order valence-corrected chi connectivity index (χ4v) is 5.33. The number of aryl methyl sites for hydroxylation is 2. The quantitative estimate of drug-likeness (QED) is 0.412. The van der Waals surface area contributed by atoms with Crippen LogP contribution in [0, 0.1) is 13.8 Å². The van der Waals surface area contributed by atoms with Crippen LogP contribution in [0.15, 0.2) is 53.7 Å². The third-order valence-electron chi connectivity index (χ3n) is 6.06. The van der Waals surface area contributed by atoms with Gasteiger partial charge in [0, 0.05) is 34.7 Å². The Morgan fingerprint density at radius 1 is 1.21 bits per heavy atom. The lowest BCUT2D eigenvalue weighted by atomic mass is 10.0. The third kappa shape index (κ3) is 4.53. The number of aromatic nitrogens is 4. The number of rotatable bonds is 7. The van der Waals surface area contributed by atoms with Gasteiger partial charge in [-0.3, -0.25) is 4.79 Å². The van der Waals surface area contributed by atoms with Gasteiger partial charge in [0.05, 0.1) is 28.7 Å². The Hall–Kier alpha value is -2.74. The van der Waals surface area contributed by atoms with E-state index in [9.17, 15) is 9.90 Å². The first kappa shape index (κ1) is 22.1. The summed E-state index contributed by atoms with van der Waals surface area (Å²) in [5, 5.41) is 14.8. The number of hydrogen-bond donors (Lipinski definition) is 1. The molecule has 1 saturated carbocycles.